The molecule has 0 spiro atoms. The lowest BCUT2D eigenvalue weighted by Crippen LogP contribution is -2.17. The molecule has 0 bridgehead atoms. The molecule has 0 aliphatic carbocycles. The Morgan fingerprint density at radius 2 is 1.78 bits per heavy atom. The van der Waals surface area contributed by atoms with Crippen LogP contribution in [0.1, 0.15) is 20.7 Å². The largest absolute Gasteiger partial charge is 0.573 e. The number of nitrogens with one attached hydrogen (secondary N) is 1. The predicted molar refractivity (Wildman–Crippen MR) is 105 cm³/mol. The van der Waals surface area contributed by atoms with E-state index in [2.05, 4.69) is 15.0 Å². The van der Waals surface area contributed by atoms with Crippen LogP contribution in [0.15, 0.2) is 54.7 Å². The van der Waals surface area contributed by atoms with Gasteiger partial charge in [0.2, 0.25) is 5.88 Å². The first kappa shape index (κ1) is 22.8. The molecular formula is C20H12ClF4N3O4. The summed E-state index contributed by atoms with van der Waals surface area (Å²) in [6.07, 6.45) is -4.08. The minimum Gasteiger partial charge on any atom is -0.438 e. The van der Waals surface area contributed by atoms with Gasteiger partial charge in [0, 0.05) is 16.8 Å². The average Bonchev–Trinajstić information content (AvgIpc) is 2.71. The van der Waals surface area contributed by atoms with Gasteiger partial charge in [-0.3, -0.25) is 9.59 Å². The van der Waals surface area contributed by atoms with E-state index in [1.54, 1.807) is 0 Å². The number of hydrogen-bond acceptors (Lipinski definition) is 5. The van der Waals surface area contributed by atoms with Gasteiger partial charge in [-0.05, 0) is 42.5 Å². The molecule has 0 radical (unpaired) electrons. The van der Waals surface area contributed by atoms with E-state index in [1.807, 2.05) is 0 Å². The molecule has 0 aliphatic heterocycles. The Kier molecular flexibility index (Phi) is 6.49. The number of carbonyl (C=O) groups excluding carboxylic acids is 2. The van der Waals surface area contributed by atoms with Gasteiger partial charge >= 0.3 is 6.36 Å². The highest BCUT2D eigenvalue weighted by Crippen LogP contribution is 2.29. The maximum Gasteiger partial charge on any atom is 0.573 e. The first-order valence-corrected chi connectivity index (χ1v) is 8.99. The fraction of sp³-hybridized carbons (Fsp3) is 0.0500. The van der Waals surface area contributed by atoms with Crippen molar-refractivity contribution in [1.82, 2.24) is 4.98 Å². The normalized spacial score (nSPS) is 11.0. The first-order valence-electron chi connectivity index (χ1n) is 8.62. The molecule has 1 aromatic heterocycles. The summed E-state index contributed by atoms with van der Waals surface area (Å²) in [5, 5.41) is 2.63. The van der Waals surface area contributed by atoms with Gasteiger partial charge < -0.3 is 20.5 Å². The van der Waals surface area contributed by atoms with Crippen molar-refractivity contribution in [2.24, 2.45) is 5.73 Å². The maximum atomic E-state index is 13.6. The van der Waals surface area contributed by atoms with Gasteiger partial charge in [0.1, 0.15) is 17.3 Å². The van der Waals surface area contributed by atoms with E-state index >= 15 is 0 Å². The van der Waals surface area contributed by atoms with Gasteiger partial charge in [0.15, 0.2) is 0 Å². The molecule has 12 heteroatoms. The molecule has 3 rings (SSSR count). The number of ether oxygens (including phenoxy) is 2. The summed E-state index contributed by atoms with van der Waals surface area (Å²) in [6, 6.07) is 9.35. The molecule has 0 saturated heterocycles. The van der Waals surface area contributed by atoms with Crippen molar-refractivity contribution < 1.29 is 36.6 Å². The van der Waals surface area contributed by atoms with Gasteiger partial charge in [0.05, 0.1) is 17.3 Å². The molecule has 0 fully saturated rings. The summed E-state index contributed by atoms with van der Waals surface area (Å²) in [6.45, 7) is 0. The van der Waals surface area contributed by atoms with Crippen LogP contribution in [-0.4, -0.2) is 23.2 Å². The standard InChI is InChI=1S/C20H12ClF4N3O4/c21-10-1-5-16(31-17-6-3-12(9-27-17)32-20(23,24)25)14(7-10)19(30)28-11-2-4-15(22)13(8-11)18(26)29/h1-9H,(H2,26,29)(H,28,30). The number of halogens is 5. The van der Waals surface area contributed by atoms with Crippen molar-refractivity contribution in [3.63, 3.8) is 0 Å². The number of carbonyl (C=O) groups is 2. The number of aromatic nitrogens is 1. The van der Waals surface area contributed by atoms with E-state index in [1.165, 1.54) is 24.3 Å². The molecule has 166 valence electrons. The summed E-state index contributed by atoms with van der Waals surface area (Å²) in [5.41, 5.74) is 4.67. The van der Waals surface area contributed by atoms with Crippen LogP contribution in [0.4, 0.5) is 23.2 Å². The zero-order valence-corrected chi connectivity index (χ0v) is 16.5. The van der Waals surface area contributed by atoms with Crippen molar-refractivity contribution in [2.75, 3.05) is 5.32 Å². The van der Waals surface area contributed by atoms with Crippen LogP contribution in [0, 0.1) is 5.82 Å². The Morgan fingerprint density at radius 3 is 2.41 bits per heavy atom. The van der Waals surface area contributed by atoms with Crippen molar-refractivity contribution in [3.05, 3.63) is 76.7 Å². The van der Waals surface area contributed by atoms with Gasteiger partial charge in [-0.15, -0.1) is 13.2 Å². The number of nitrogens with zero attached hydrogens (tertiary/aromatic N) is 1. The van der Waals surface area contributed by atoms with Crippen molar-refractivity contribution in [3.8, 4) is 17.4 Å². The summed E-state index contributed by atoms with van der Waals surface area (Å²) in [7, 11) is 0. The van der Waals surface area contributed by atoms with Crippen LogP contribution in [0.25, 0.3) is 0 Å². The summed E-state index contributed by atoms with van der Waals surface area (Å²) >= 11 is 5.95. The molecule has 2 aromatic carbocycles. The third-order valence-electron chi connectivity index (χ3n) is 3.83. The Balaban J connectivity index is 1.83. The highest BCUT2D eigenvalue weighted by molar-refractivity contribution is 6.31. The average molecular weight is 470 g/mol. The molecule has 0 atom stereocenters. The number of primary amides is 1. The fourth-order valence-electron chi connectivity index (χ4n) is 2.49. The minimum atomic E-state index is -4.87. The Labute approximate surface area is 182 Å². The fourth-order valence-corrected chi connectivity index (χ4v) is 2.66. The highest BCUT2D eigenvalue weighted by Gasteiger charge is 2.31. The molecular weight excluding hydrogens is 458 g/mol. The molecule has 0 saturated carbocycles. The third kappa shape index (κ3) is 5.85. The van der Waals surface area contributed by atoms with Crippen LogP contribution >= 0.6 is 11.6 Å². The number of pyridine rings is 1. The van der Waals surface area contributed by atoms with Crippen LogP contribution in [0.2, 0.25) is 5.02 Å². The lowest BCUT2D eigenvalue weighted by Gasteiger charge is -2.13. The highest BCUT2D eigenvalue weighted by atomic mass is 35.5. The molecule has 3 aromatic rings. The lowest BCUT2D eigenvalue weighted by molar-refractivity contribution is -0.274. The van der Waals surface area contributed by atoms with Gasteiger partial charge in [0.25, 0.3) is 11.8 Å². The lowest BCUT2D eigenvalue weighted by atomic mass is 10.1. The van der Waals surface area contributed by atoms with Crippen molar-refractivity contribution >= 4 is 29.1 Å². The monoisotopic (exact) mass is 469 g/mol. The number of anilines is 1. The number of alkyl halides is 3. The molecule has 0 unspecified atom stereocenters. The molecule has 0 aliphatic rings. The number of hydrogen-bond donors (Lipinski definition) is 2. The van der Waals surface area contributed by atoms with Gasteiger partial charge in [-0.2, -0.15) is 0 Å². The maximum absolute atomic E-state index is 13.6. The van der Waals surface area contributed by atoms with Crippen LogP contribution in [0.3, 0.4) is 0 Å². The summed E-state index contributed by atoms with van der Waals surface area (Å²) in [4.78, 5) is 27.7. The third-order valence-corrected chi connectivity index (χ3v) is 4.07. The first-order chi connectivity index (χ1) is 15.0. The number of benzene rings is 2. The zero-order chi connectivity index (χ0) is 23.5. The summed E-state index contributed by atoms with van der Waals surface area (Å²) < 4.78 is 59.6. The smallest absolute Gasteiger partial charge is 0.438 e. The minimum absolute atomic E-state index is 0.0267. The number of amides is 2. The molecule has 32 heavy (non-hydrogen) atoms. The van der Waals surface area contributed by atoms with E-state index in [4.69, 9.17) is 22.1 Å². The van der Waals surface area contributed by atoms with E-state index in [-0.39, 0.29) is 27.9 Å². The second-order valence-corrected chi connectivity index (χ2v) is 6.57. The van der Waals surface area contributed by atoms with Gasteiger partial charge in [-0.1, -0.05) is 11.6 Å². The quantitative estimate of drug-likeness (QED) is 0.499. The number of rotatable bonds is 6. The molecule has 3 N–H and O–H groups in total. The summed E-state index contributed by atoms with van der Waals surface area (Å²) in [5.74, 6) is -3.32. The van der Waals surface area contributed by atoms with Crippen LogP contribution in [-0.2, 0) is 0 Å². The number of nitrogens with two attached hydrogens (primary N) is 1. The van der Waals surface area contributed by atoms with E-state index in [0.717, 1.165) is 30.5 Å². The van der Waals surface area contributed by atoms with Gasteiger partial charge in [-0.25, -0.2) is 9.37 Å². The molecule has 2 amide bonds. The van der Waals surface area contributed by atoms with Crippen molar-refractivity contribution in [1.29, 1.82) is 0 Å². The molecule has 7 nitrogen and oxygen atoms in total. The van der Waals surface area contributed by atoms with E-state index < -0.39 is 35.3 Å². The van der Waals surface area contributed by atoms with Crippen LogP contribution in [0.5, 0.6) is 17.4 Å². The Hall–Kier alpha value is -3.86. The van der Waals surface area contributed by atoms with Crippen LogP contribution < -0.4 is 20.5 Å². The predicted octanol–water partition coefficient (Wildman–Crippen LogP) is 4.92. The Morgan fingerprint density at radius 1 is 1.03 bits per heavy atom. The second-order valence-electron chi connectivity index (χ2n) is 6.14. The second kappa shape index (κ2) is 9.10. The van der Waals surface area contributed by atoms with E-state index in [9.17, 15) is 27.2 Å². The topological polar surface area (TPSA) is 104 Å². The Bertz CT molecular complexity index is 1170. The van der Waals surface area contributed by atoms with Crippen molar-refractivity contribution in [2.45, 2.75) is 6.36 Å². The van der Waals surface area contributed by atoms with E-state index in [0.29, 0.717) is 0 Å². The molecule has 1 heterocycles. The SMILES string of the molecule is NC(=O)c1cc(NC(=O)c2cc(Cl)ccc2Oc2ccc(OC(F)(F)F)cn2)ccc1F. The zero-order valence-electron chi connectivity index (χ0n) is 15.7.